The van der Waals surface area contributed by atoms with Gasteiger partial charge in [-0.2, -0.15) is 5.10 Å². The Kier molecular flexibility index (Phi) is 5.59. The van der Waals surface area contributed by atoms with E-state index in [2.05, 4.69) is 10.4 Å². The first kappa shape index (κ1) is 15.8. The quantitative estimate of drug-likeness (QED) is 0.922. The van der Waals surface area contributed by atoms with E-state index in [0.717, 1.165) is 37.4 Å². The first-order valence-electron chi connectivity index (χ1n) is 6.90. The van der Waals surface area contributed by atoms with Crippen LogP contribution in [-0.4, -0.2) is 29.5 Å². The second-order valence-corrected chi connectivity index (χ2v) is 5.17. The minimum absolute atomic E-state index is 0. The van der Waals surface area contributed by atoms with E-state index in [1.165, 1.54) is 12.1 Å². The van der Waals surface area contributed by atoms with E-state index >= 15 is 0 Å². The lowest BCUT2D eigenvalue weighted by atomic mass is 10.1. The summed E-state index contributed by atoms with van der Waals surface area (Å²) in [5.74, 6) is 1.13. The van der Waals surface area contributed by atoms with Gasteiger partial charge in [0.15, 0.2) is 5.75 Å². The van der Waals surface area contributed by atoms with Gasteiger partial charge in [-0.1, -0.05) is 12.1 Å². The maximum absolute atomic E-state index is 13.1. The second kappa shape index (κ2) is 7.43. The Morgan fingerprint density at radius 1 is 1.43 bits per heavy atom. The summed E-state index contributed by atoms with van der Waals surface area (Å²) >= 11 is 0. The fraction of sp³-hybridized carbons (Fsp3) is 0.400. The molecular weight excluding hydrogens is 293 g/mol. The highest BCUT2D eigenvalue weighted by molar-refractivity contribution is 5.85. The van der Waals surface area contributed by atoms with Gasteiger partial charge in [-0.3, -0.25) is 4.68 Å². The first-order chi connectivity index (χ1) is 9.79. The lowest BCUT2D eigenvalue weighted by Crippen LogP contribution is -2.15. The summed E-state index contributed by atoms with van der Waals surface area (Å²) in [6.45, 7) is 3.37. The third-order valence-corrected chi connectivity index (χ3v) is 3.49. The van der Waals surface area contributed by atoms with Crippen LogP contribution in [0.2, 0.25) is 0 Å². The van der Waals surface area contributed by atoms with Crippen molar-refractivity contribution in [1.29, 1.82) is 0 Å². The Labute approximate surface area is 129 Å². The van der Waals surface area contributed by atoms with Crippen molar-refractivity contribution in [3.63, 3.8) is 0 Å². The Morgan fingerprint density at radius 2 is 2.33 bits per heavy atom. The zero-order valence-electron chi connectivity index (χ0n) is 11.7. The van der Waals surface area contributed by atoms with E-state index < -0.39 is 0 Å². The molecule has 2 heterocycles. The van der Waals surface area contributed by atoms with E-state index in [4.69, 9.17) is 4.74 Å². The Morgan fingerprint density at radius 3 is 3.10 bits per heavy atom. The van der Waals surface area contributed by atoms with E-state index in [1.54, 1.807) is 16.9 Å². The molecule has 0 amide bonds. The number of rotatable bonds is 5. The Balaban J connectivity index is 0.00000161. The minimum Gasteiger partial charge on any atom is -0.490 e. The van der Waals surface area contributed by atoms with Crippen molar-refractivity contribution in [3.05, 3.63) is 48.0 Å². The molecule has 1 fully saturated rings. The predicted octanol–water partition coefficient (Wildman–Crippen LogP) is 2.48. The van der Waals surface area contributed by atoms with Crippen LogP contribution in [0.1, 0.15) is 12.0 Å². The van der Waals surface area contributed by atoms with Crippen LogP contribution in [0.25, 0.3) is 0 Å². The highest BCUT2D eigenvalue weighted by Gasteiger charge is 2.15. The molecule has 6 heteroatoms. The number of aromatic nitrogens is 2. The van der Waals surface area contributed by atoms with E-state index in [1.807, 2.05) is 12.3 Å². The molecule has 3 rings (SSSR count). The molecule has 21 heavy (non-hydrogen) atoms. The van der Waals surface area contributed by atoms with E-state index in [-0.39, 0.29) is 18.2 Å². The molecule has 1 saturated heterocycles. The summed E-state index contributed by atoms with van der Waals surface area (Å²) in [7, 11) is 0. The summed E-state index contributed by atoms with van der Waals surface area (Å²) in [5.41, 5.74) is 0.889. The van der Waals surface area contributed by atoms with Gasteiger partial charge in [0.2, 0.25) is 0 Å². The molecule has 1 aliphatic rings. The Hall–Kier alpha value is -1.59. The summed E-state index contributed by atoms with van der Waals surface area (Å²) in [6, 6.07) is 6.55. The van der Waals surface area contributed by atoms with Crippen LogP contribution in [-0.2, 0) is 6.54 Å². The fourth-order valence-electron chi connectivity index (χ4n) is 2.40. The largest absolute Gasteiger partial charge is 0.490 e. The van der Waals surface area contributed by atoms with Crippen LogP contribution < -0.4 is 10.1 Å². The molecule has 4 nitrogen and oxygen atoms in total. The minimum atomic E-state index is -0.222. The molecule has 2 aromatic rings. The SMILES string of the molecule is Cl.Fc1cccc(Cn2cc(OCC3CCNC3)cn2)c1. The molecule has 1 atom stereocenters. The smallest absolute Gasteiger partial charge is 0.157 e. The van der Waals surface area contributed by atoms with E-state index in [0.29, 0.717) is 12.5 Å². The number of nitrogens with zero attached hydrogens (tertiary/aromatic N) is 2. The predicted molar refractivity (Wildman–Crippen MR) is 81.4 cm³/mol. The zero-order chi connectivity index (χ0) is 13.8. The van der Waals surface area contributed by atoms with Gasteiger partial charge in [0, 0.05) is 12.5 Å². The molecule has 0 saturated carbocycles. The monoisotopic (exact) mass is 311 g/mol. The lowest BCUT2D eigenvalue weighted by Gasteiger charge is -2.08. The van der Waals surface area contributed by atoms with Crippen molar-refractivity contribution < 1.29 is 9.13 Å². The molecule has 1 aliphatic heterocycles. The molecule has 0 bridgehead atoms. The summed E-state index contributed by atoms with van der Waals surface area (Å²) in [5, 5.41) is 7.56. The number of hydrogen-bond acceptors (Lipinski definition) is 3. The van der Waals surface area contributed by atoms with Crippen molar-refractivity contribution >= 4 is 12.4 Å². The van der Waals surface area contributed by atoms with Crippen LogP contribution >= 0.6 is 12.4 Å². The normalized spacial score (nSPS) is 17.5. The van der Waals surface area contributed by atoms with Gasteiger partial charge in [-0.15, -0.1) is 12.4 Å². The van der Waals surface area contributed by atoms with E-state index in [9.17, 15) is 4.39 Å². The third-order valence-electron chi connectivity index (χ3n) is 3.49. The van der Waals surface area contributed by atoms with Crippen molar-refractivity contribution in [2.24, 2.45) is 5.92 Å². The molecule has 0 radical (unpaired) electrons. The average Bonchev–Trinajstić information content (AvgIpc) is 3.07. The topological polar surface area (TPSA) is 39.1 Å². The molecular formula is C15H19ClFN3O. The zero-order valence-corrected chi connectivity index (χ0v) is 12.5. The average molecular weight is 312 g/mol. The lowest BCUT2D eigenvalue weighted by molar-refractivity contribution is 0.260. The molecule has 0 aliphatic carbocycles. The van der Waals surface area contributed by atoms with Crippen LogP contribution in [0, 0.1) is 11.7 Å². The van der Waals surface area contributed by atoms with Gasteiger partial charge in [0.25, 0.3) is 0 Å². The number of ether oxygens (including phenoxy) is 1. The summed E-state index contributed by atoms with van der Waals surface area (Å²) < 4.78 is 20.6. The van der Waals surface area contributed by atoms with Gasteiger partial charge in [-0.05, 0) is 30.7 Å². The van der Waals surface area contributed by atoms with Gasteiger partial charge >= 0.3 is 0 Å². The van der Waals surface area contributed by atoms with Crippen molar-refractivity contribution in [3.8, 4) is 5.75 Å². The number of benzene rings is 1. The molecule has 0 spiro atoms. The summed E-state index contributed by atoms with van der Waals surface area (Å²) in [4.78, 5) is 0. The highest BCUT2D eigenvalue weighted by atomic mass is 35.5. The van der Waals surface area contributed by atoms with Crippen LogP contribution in [0.4, 0.5) is 4.39 Å². The first-order valence-corrected chi connectivity index (χ1v) is 6.90. The van der Waals surface area contributed by atoms with Gasteiger partial charge in [0.1, 0.15) is 5.82 Å². The van der Waals surface area contributed by atoms with Gasteiger partial charge < -0.3 is 10.1 Å². The van der Waals surface area contributed by atoms with Crippen LogP contribution in [0.15, 0.2) is 36.7 Å². The van der Waals surface area contributed by atoms with Crippen LogP contribution in [0.3, 0.4) is 0 Å². The number of nitrogens with one attached hydrogen (secondary N) is 1. The maximum atomic E-state index is 13.1. The fourth-order valence-corrected chi connectivity index (χ4v) is 2.40. The third kappa shape index (κ3) is 4.44. The van der Waals surface area contributed by atoms with Gasteiger partial charge in [-0.25, -0.2) is 4.39 Å². The number of halogens is 2. The van der Waals surface area contributed by atoms with Crippen LogP contribution in [0.5, 0.6) is 5.75 Å². The molecule has 1 aromatic heterocycles. The molecule has 114 valence electrons. The summed E-state index contributed by atoms with van der Waals surface area (Å²) in [6.07, 6.45) is 4.73. The molecule has 1 unspecified atom stereocenters. The molecule has 1 aromatic carbocycles. The van der Waals surface area contributed by atoms with Crippen molar-refractivity contribution in [2.75, 3.05) is 19.7 Å². The second-order valence-electron chi connectivity index (χ2n) is 5.17. The van der Waals surface area contributed by atoms with Crippen molar-refractivity contribution in [2.45, 2.75) is 13.0 Å². The van der Waals surface area contributed by atoms with Gasteiger partial charge in [0.05, 0.1) is 25.5 Å². The molecule has 1 N–H and O–H groups in total. The number of hydrogen-bond donors (Lipinski definition) is 1. The standard InChI is InChI=1S/C15H18FN3O.ClH/c16-14-3-1-2-12(6-14)9-19-10-15(8-18-19)20-11-13-4-5-17-7-13;/h1-3,6,8,10,13,17H,4-5,7,9,11H2;1H. The maximum Gasteiger partial charge on any atom is 0.157 e. The highest BCUT2D eigenvalue weighted by Crippen LogP contribution is 2.14. The Bertz CT molecular complexity index is 570. The van der Waals surface area contributed by atoms with Crippen molar-refractivity contribution in [1.82, 2.24) is 15.1 Å².